The fraction of sp³-hybridized carbons (Fsp3) is 0.200. The van der Waals surface area contributed by atoms with Gasteiger partial charge in [0.2, 0.25) is 0 Å². The van der Waals surface area contributed by atoms with E-state index in [1.54, 1.807) is 17.9 Å². The lowest BCUT2D eigenvalue weighted by Crippen LogP contribution is -2.03. The van der Waals surface area contributed by atoms with E-state index >= 15 is 0 Å². The van der Waals surface area contributed by atoms with E-state index in [0.717, 1.165) is 0 Å². The lowest BCUT2D eigenvalue weighted by Gasteiger charge is -2.08. The molecule has 0 N–H and O–H groups in total. The maximum Gasteiger partial charge on any atom is 0.387 e. The van der Waals surface area contributed by atoms with Crippen LogP contribution in [0.2, 0.25) is 5.15 Å². The molecule has 0 aliphatic heterocycles. The van der Waals surface area contributed by atoms with Gasteiger partial charge in [0, 0.05) is 36.6 Å². The molecule has 2 heterocycles. The molecule has 2 aromatic heterocycles. The lowest BCUT2D eigenvalue weighted by atomic mass is 10.1. The third-order valence-electron chi connectivity index (χ3n) is 2.06. The zero-order chi connectivity index (χ0) is 12.4. The SMILES string of the molecule is Cn1cc(-c2cnc(Cl)cc2OC(F)F)cn1. The Morgan fingerprint density at radius 3 is 2.76 bits per heavy atom. The van der Waals surface area contributed by atoms with Crippen molar-refractivity contribution < 1.29 is 13.5 Å². The molecule has 0 unspecified atom stereocenters. The Hall–Kier alpha value is -1.69. The van der Waals surface area contributed by atoms with E-state index in [9.17, 15) is 8.78 Å². The number of pyridine rings is 1. The number of nitrogens with zero attached hydrogens (tertiary/aromatic N) is 3. The molecule has 4 nitrogen and oxygen atoms in total. The monoisotopic (exact) mass is 259 g/mol. The van der Waals surface area contributed by atoms with Crippen LogP contribution in [0, 0.1) is 0 Å². The van der Waals surface area contributed by atoms with Gasteiger partial charge in [0.05, 0.1) is 6.20 Å². The molecule has 0 aliphatic carbocycles. The first-order valence-electron chi connectivity index (χ1n) is 4.65. The summed E-state index contributed by atoms with van der Waals surface area (Å²) in [5.74, 6) is -0.0204. The summed E-state index contributed by atoms with van der Waals surface area (Å²) in [6, 6.07) is 1.25. The molecule has 0 saturated carbocycles. The standard InChI is InChI=1S/C10H8ClF2N3O/c1-16-5-6(3-15-16)7-4-14-9(11)2-8(7)17-10(12)13/h2-5,10H,1H3. The van der Waals surface area contributed by atoms with Gasteiger partial charge in [-0.25, -0.2) is 4.98 Å². The van der Waals surface area contributed by atoms with Crippen LogP contribution >= 0.6 is 11.6 Å². The molecule has 90 valence electrons. The second-order valence-electron chi connectivity index (χ2n) is 3.28. The molecular formula is C10H8ClF2N3O. The minimum atomic E-state index is -2.91. The van der Waals surface area contributed by atoms with Gasteiger partial charge in [-0.1, -0.05) is 11.6 Å². The van der Waals surface area contributed by atoms with Crippen molar-refractivity contribution in [2.45, 2.75) is 6.61 Å². The molecule has 17 heavy (non-hydrogen) atoms. The first-order valence-corrected chi connectivity index (χ1v) is 5.03. The van der Waals surface area contributed by atoms with Gasteiger partial charge in [0.25, 0.3) is 0 Å². The Morgan fingerprint density at radius 1 is 1.41 bits per heavy atom. The Labute approximate surface area is 101 Å². The first kappa shape index (κ1) is 11.8. The predicted molar refractivity (Wildman–Crippen MR) is 58.1 cm³/mol. The third kappa shape index (κ3) is 2.71. The van der Waals surface area contributed by atoms with Gasteiger partial charge < -0.3 is 4.74 Å². The fourth-order valence-corrected chi connectivity index (χ4v) is 1.53. The van der Waals surface area contributed by atoms with E-state index in [1.165, 1.54) is 18.5 Å². The van der Waals surface area contributed by atoms with Crippen LogP contribution in [0.1, 0.15) is 0 Å². The van der Waals surface area contributed by atoms with Crippen molar-refractivity contribution in [3.8, 4) is 16.9 Å². The van der Waals surface area contributed by atoms with Gasteiger partial charge in [0.15, 0.2) is 0 Å². The van der Waals surface area contributed by atoms with Crippen molar-refractivity contribution in [1.82, 2.24) is 14.8 Å². The molecule has 0 radical (unpaired) electrons. The normalized spacial score (nSPS) is 10.9. The summed E-state index contributed by atoms with van der Waals surface area (Å²) in [6.45, 7) is -2.91. The summed E-state index contributed by atoms with van der Waals surface area (Å²) >= 11 is 5.64. The highest BCUT2D eigenvalue weighted by molar-refractivity contribution is 6.29. The molecule has 0 aromatic carbocycles. The highest BCUT2D eigenvalue weighted by atomic mass is 35.5. The van der Waals surface area contributed by atoms with E-state index in [2.05, 4.69) is 14.8 Å². The van der Waals surface area contributed by atoms with Crippen LogP contribution in [0.5, 0.6) is 5.75 Å². The van der Waals surface area contributed by atoms with Crippen molar-refractivity contribution in [3.63, 3.8) is 0 Å². The van der Waals surface area contributed by atoms with Gasteiger partial charge in [-0.05, 0) is 0 Å². The maximum absolute atomic E-state index is 12.2. The molecule has 2 aromatic rings. The Bertz CT molecular complexity index is 530. The molecule has 0 saturated heterocycles. The molecule has 2 rings (SSSR count). The second kappa shape index (κ2) is 4.67. The van der Waals surface area contributed by atoms with Crippen molar-refractivity contribution >= 4 is 11.6 Å². The number of rotatable bonds is 3. The summed E-state index contributed by atoms with van der Waals surface area (Å²) in [6.07, 6.45) is 4.57. The van der Waals surface area contributed by atoms with Crippen LogP contribution < -0.4 is 4.74 Å². The highest BCUT2D eigenvalue weighted by Gasteiger charge is 2.13. The Kier molecular flexibility index (Phi) is 3.23. The zero-order valence-corrected chi connectivity index (χ0v) is 9.53. The van der Waals surface area contributed by atoms with Gasteiger partial charge in [-0.15, -0.1) is 0 Å². The molecule has 0 bridgehead atoms. The quantitative estimate of drug-likeness (QED) is 0.796. The number of hydrogen-bond donors (Lipinski definition) is 0. The summed E-state index contributed by atoms with van der Waals surface area (Å²) in [7, 11) is 1.72. The van der Waals surface area contributed by atoms with E-state index in [1.807, 2.05) is 0 Å². The molecule has 0 fully saturated rings. The largest absolute Gasteiger partial charge is 0.434 e. The van der Waals surface area contributed by atoms with Gasteiger partial charge in [-0.3, -0.25) is 4.68 Å². The predicted octanol–water partition coefficient (Wildman–Crippen LogP) is 2.74. The number of alkyl halides is 2. The minimum Gasteiger partial charge on any atom is -0.434 e. The number of aromatic nitrogens is 3. The molecule has 0 spiro atoms. The van der Waals surface area contributed by atoms with E-state index < -0.39 is 6.61 Å². The molecular weight excluding hydrogens is 252 g/mol. The summed E-state index contributed by atoms with van der Waals surface area (Å²) < 4.78 is 30.4. The zero-order valence-electron chi connectivity index (χ0n) is 8.77. The number of ether oxygens (including phenoxy) is 1. The minimum absolute atomic E-state index is 0.0204. The first-order chi connectivity index (χ1) is 8.06. The van der Waals surface area contributed by atoms with Crippen molar-refractivity contribution in [1.29, 1.82) is 0 Å². The van der Waals surface area contributed by atoms with Crippen molar-refractivity contribution in [2.24, 2.45) is 7.05 Å². The van der Waals surface area contributed by atoms with Crippen LogP contribution in [-0.4, -0.2) is 21.4 Å². The van der Waals surface area contributed by atoms with E-state index in [4.69, 9.17) is 11.6 Å². The second-order valence-corrected chi connectivity index (χ2v) is 3.67. The Balaban J connectivity index is 2.45. The van der Waals surface area contributed by atoms with Crippen LogP contribution in [0.15, 0.2) is 24.7 Å². The van der Waals surface area contributed by atoms with Gasteiger partial charge in [0.1, 0.15) is 10.9 Å². The summed E-state index contributed by atoms with van der Waals surface area (Å²) in [5, 5.41) is 4.04. The summed E-state index contributed by atoms with van der Waals surface area (Å²) in [4.78, 5) is 3.84. The van der Waals surface area contributed by atoms with Gasteiger partial charge >= 0.3 is 6.61 Å². The number of hydrogen-bond acceptors (Lipinski definition) is 3. The molecule has 0 atom stereocenters. The highest BCUT2D eigenvalue weighted by Crippen LogP contribution is 2.31. The number of aryl methyl sites for hydroxylation is 1. The fourth-order valence-electron chi connectivity index (χ4n) is 1.38. The average Bonchev–Trinajstić information content (AvgIpc) is 2.64. The van der Waals surface area contributed by atoms with Crippen LogP contribution in [-0.2, 0) is 7.05 Å². The van der Waals surface area contributed by atoms with Crippen LogP contribution in [0.4, 0.5) is 8.78 Å². The smallest absolute Gasteiger partial charge is 0.387 e. The molecule has 0 amide bonds. The molecule has 7 heteroatoms. The topological polar surface area (TPSA) is 39.9 Å². The van der Waals surface area contributed by atoms with Gasteiger partial charge in [-0.2, -0.15) is 13.9 Å². The van der Waals surface area contributed by atoms with Crippen molar-refractivity contribution in [3.05, 3.63) is 29.8 Å². The van der Waals surface area contributed by atoms with Crippen molar-refractivity contribution in [2.75, 3.05) is 0 Å². The van der Waals surface area contributed by atoms with Crippen LogP contribution in [0.3, 0.4) is 0 Å². The maximum atomic E-state index is 12.2. The number of halogens is 3. The molecule has 0 aliphatic rings. The Morgan fingerprint density at radius 2 is 2.18 bits per heavy atom. The third-order valence-corrected chi connectivity index (χ3v) is 2.27. The van der Waals surface area contributed by atoms with E-state index in [-0.39, 0.29) is 10.9 Å². The van der Waals surface area contributed by atoms with E-state index in [0.29, 0.717) is 11.1 Å². The average molecular weight is 260 g/mol. The lowest BCUT2D eigenvalue weighted by molar-refractivity contribution is -0.0494. The summed E-state index contributed by atoms with van der Waals surface area (Å²) in [5.41, 5.74) is 1.05. The van der Waals surface area contributed by atoms with Crippen LogP contribution in [0.25, 0.3) is 11.1 Å².